The summed E-state index contributed by atoms with van der Waals surface area (Å²) in [5, 5.41) is 28.4. The van der Waals surface area contributed by atoms with Crippen molar-refractivity contribution in [2.75, 3.05) is 13.7 Å². The number of nitrogens with one attached hydrogen (secondary N) is 3. The second kappa shape index (κ2) is 11.7. The van der Waals surface area contributed by atoms with Gasteiger partial charge in [0.15, 0.2) is 5.75 Å². The van der Waals surface area contributed by atoms with Gasteiger partial charge in [0.05, 0.1) is 24.9 Å². The molecule has 0 aliphatic rings. The molecule has 12 nitrogen and oxygen atoms in total. The highest BCUT2D eigenvalue weighted by Crippen LogP contribution is 2.36. The van der Waals surface area contributed by atoms with E-state index in [1.54, 1.807) is 6.20 Å². The number of rotatable bonds is 10. The fourth-order valence-corrected chi connectivity index (χ4v) is 3.39. The number of H-pyrrole nitrogens is 1. The molecule has 0 spiro atoms. The normalized spacial score (nSPS) is 12.0. The predicted molar refractivity (Wildman–Crippen MR) is 132 cm³/mol. The quantitative estimate of drug-likeness (QED) is 0.189. The van der Waals surface area contributed by atoms with Crippen LogP contribution in [0.4, 0.5) is 10.5 Å². The van der Waals surface area contributed by atoms with Crippen LogP contribution in [0.2, 0.25) is 0 Å². The molecule has 0 aliphatic heterocycles. The first-order chi connectivity index (χ1) is 17.2. The van der Waals surface area contributed by atoms with Crippen LogP contribution in [0.5, 0.6) is 11.5 Å². The molecule has 1 heterocycles. The van der Waals surface area contributed by atoms with E-state index in [4.69, 9.17) is 9.47 Å². The number of alkyl carbamates (subject to hydrolysis) is 1. The average molecular weight is 498 g/mol. The summed E-state index contributed by atoms with van der Waals surface area (Å²) in [5.74, 6) is -1.25. The number of hydrogen-bond acceptors (Lipinski definition) is 8. The van der Waals surface area contributed by atoms with Crippen molar-refractivity contribution in [2.24, 2.45) is 11.0 Å². The summed E-state index contributed by atoms with van der Waals surface area (Å²) >= 11 is 0. The van der Waals surface area contributed by atoms with Crippen LogP contribution >= 0.6 is 0 Å². The van der Waals surface area contributed by atoms with Gasteiger partial charge in [-0.1, -0.05) is 32.0 Å². The monoisotopic (exact) mass is 497 g/mol. The Morgan fingerprint density at radius 3 is 2.72 bits per heavy atom. The van der Waals surface area contributed by atoms with Gasteiger partial charge in [0.25, 0.3) is 5.91 Å². The maximum Gasteiger partial charge on any atom is 0.407 e. The first-order valence-electron chi connectivity index (χ1n) is 11.1. The highest BCUT2D eigenvalue weighted by Gasteiger charge is 2.24. The fourth-order valence-electron chi connectivity index (χ4n) is 3.39. The third-order valence-electron chi connectivity index (χ3n) is 5.14. The van der Waals surface area contributed by atoms with Gasteiger partial charge in [0.1, 0.15) is 6.04 Å². The molecule has 12 heteroatoms. The smallest absolute Gasteiger partial charge is 0.407 e. The SMILES string of the molecule is COc1cc(/C=N\NC(=O)[C@@H](Cc2c[nH]c3ccccc23)NC(=O)OCC(C)C)cc([N+](=O)[O-])c1O. The molecule has 0 fully saturated rings. The Kier molecular flexibility index (Phi) is 8.44. The van der Waals surface area contributed by atoms with Gasteiger partial charge < -0.3 is 24.9 Å². The Morgan fingerprint density at radius 2 is 2.03 bits per heavy atom. The van der Waals surface area contributed by atoms with Crippen molar-refractivity contribution in [2.45, 2.75) is 26.3 Å². The molecule has 0 radical (unpaired) electrons. The first kappa shape index (κ1) is 26.0. The number of phenolic OH excluding ortho intramolecular Hbond substituents is 1. The van der Waals surface area contributed by atoms with Crippen molar-refractivity contribution >= 4 is 34.8 Å². The standard InChI is InChI=1S/C24H27N5O7/c1-14(2)13-36-24(32)27-19(10-16-12-25-18-7-5-4-6-17(16)18)23(31)28-26-11-15-8-20(29(33)34)22(30)21(9-15)35-3/h4-9,11-12,14,19,25,30H,10,13H2,1-3H3,(H,27,32)(H,28,31)/b26-11-/t19-/m1/s1. The molecule has 0 aliphatic carbocycles. The van der Waals surface area contributed by atoms with Crippen molar-refractivity contribution in [3.63, 3.8) is 0 Å². The zero-order valence-corrected chi connectivity index (χ0v) is 20.0. The van der Waals surface area contributed by atoms with Crippen molar-refractivity contribution in [3.8, 4) is 11.5 Å². The molecule has 0 saturated heterocycles. The van der Waals surface area contributed by atoms with Crippen LogP contribution in [0.15, 0.2) is 47.7 Å². The number of nitro benzene ring substituents is 1. The van der Waals surface area contributed by atoms with Gasteiger partial charge in [-0.2, -0.15) is 5.10 Å². The summed E-state index contributed by atoms with van der Waals surface area (Å²) < 4.78 is 10.1. The largest absolute Gasteiger partial charge is 0.500 e. The molecule has 1 atom stereocenters. The first-order valence-corrected chi connectivity index (χ1v) is 11.1. The minimum Gasteiger partial charge on any atom is -0.500 e. The molecule has 2 amide bonds. The number of aromatic nitrogens is 1. The number of hydrazone groups is 1. The summed E-state index contributed by atoms with van der Waals surface area (Å²) in [6, 6.07) is 8.93. The van der Waals surface area contributed by atoms with Gasteiger partial charge in [-0.05, 0) is 23.6 Å². The Balaban J connectivity index is 1.78. The van der Waals surface area contributed by atoms with Crippen LogP contribution in [0, 0.1) is 16.0 Å². The zero-order chi connectivity index (χ0) is 26.2. The number of para-hydroxylation sites is 1. The average Bonchev–Trinajstić information content (AvgIpc) is 3.25. The van der Waals surface area contributed by atoms with Crippen LogP contribution in [-0.4, -0.2) is 53.0 Å². The van der Waals surface area contributed by atoms with E-state index in [1.165, 1.54) is 13.2 Å². The second-order valence-electron chi connectivity index (χ2n) is 8.34. The lowest BCUT2D eigenvalue weighted by Gasteiger charge is -2.17. The Bertz CT molecular complexity index is 1290. The lowest BCUT2D eigenvalue weighted by Crippen LogP contribution is -2.47. The second-order valence-corrected chi connectivity index (χ2v) is 8.34. The number of methoxy groups -OCH3 is 1. The number of nitro groups is 1. The topological polar surface area (TPSA) is 168 Å². The number of aromatic amines is 1. The molecule has 0 saturated carbocycles. The van der Waals surface area contributed by atoms with E-state index in [9.17, 15) is 24.8 Å². The number of fused-ring (bicyclic) bond motifs is 1. The Hall–Kier alpha value is -4.61. The van der Waals surface area contributed by atoms with E-state index in [0.29, 0.717) is 0 Å². The molecule has 3 aromatic rings. The van der Waals surface area contributed by atoms with E-state index in [0.717, 1.165) is 28.7 Å². The summed E-state index contributed by atoms with van der Waals surface area (Å²) in [4.78, 5) is 38.8. The van der Waals surface area contributed by atoms with Crippen molar-refractivity contribution < 1.29 is 29.1 Å². The molecule has 0 bridgehead atoms. The molecule has 0 unspecified atom stereocenters. The van der Waals surface area contributed by atoms with E-state index < -0.39 is 34.4 Å². The Labute approximate surface area is 206 Å². The number of benzene rings is 2. The Morgan fingerprint density at radius 1 is 1.28 bits per heavy atom. The van der Waals surface area contributed by atoms with Gasteiger partial charge in [0, 0.05) is 35.2 Å². The van der Waals surface area contributed by atoms with Crippen LogP contribution in [-0.2, 0) is 16.0 Å². The van der Waals surface area contributed by atoms with Gasteiger partial charge in [-0.3, -0.25) is 14.9 Å². The van der Waals surface area contributed by atoms with E-state index in [1.807, 2.05) is 38.1 Å². The van der Waals surface area contributed by atoms with E-state index in [2.05, 4.69) is 20.8 Å². The minimum atomic E-state index is -1.02. The number of nitrogens with zero attached hydrogens (tertiary/aromatic N) is 2. The lowest BCUT2D eigenvalue weighted by atomic mass is 10.0. The third-order valence-corrected chi connectivity index (χ3v) is 5.14. The number of ether oxygens (including phenoxy) is 2. The van der Waals surface area contributed by atoms with Gasteiger partial charge in [0.2, 0.25) is 5.75 Å². The summed E-state index contributed by atoms with van der Waals surface area (Å²) in [6.07, 6.45) is 2.33. The third kappa shape index (κ3) is 6.50. The number of carbonyl (C=O) groups excluding carboxylic acids is 2. The summed E-state index contributed by atoms with van der Waals surface area (Å²) in [5.41, 5.74) is 3.66. The molecule has 1 aromatic heterocycles. The van der Waals surface area contributed by atoms with Gasteiger partial charge in [-0.15, -0.1) is 0 Å². The minimum absolute atomic E-state index is 0.118. The number of aromatic hydroxyl groups is 1. The van der Waals surface area contributed by atoms with Crippen LogP contribution in [0.25, 0.3) is 10.9 Å². The molecule has 4 N–H and O–H groups in total. The summed E-state index contributed by atoms with van der Waals surface area (Å²) in [6.45, 7) is 3.97. The molecule has 3 rings (SSSR count). The van der Waals surface area contributed by atoms with Gasteiger partial charge in [-0.25, -0.2) is 10.2 Å². The van der Waals surface area contributed by atoms with Crippen molar-refractivity contribution in [1.82, 2.24) is 15.7 Å². The molecular formula is C24H27N5O7. The van der Waals surface area contributed by atoms with E-state index in [-0.39, 0.29) is 30.3 Å². The van der Waals surface area contributed by atoms with Crippen molar-refractivity contribution in [3.05, 3.63) is 63.8 Å². The predicted octanol–water partition coefficient (Wildman–Crippen LogP) is 3.23. The number of amides is 2. The molecule has 2 aromatic carbocycles. The van der Waals surface area contributed by atoms with Gasteiger partial charge >= 0.3 is 11.8 Å². The molecule has 36 heavy (non-hydrogen) atoms. The maximum absolute atomic E-state index is 12.9. The number of hydrogen-bond donors (Lipinski definition) is 4. The van der Waals surface area contributed by atoms with Crippen molar-refractivity contribution in [1.29, 1.82) is 0 Å². The molecular weight excluding hydrogens is 470 g/mol. The molecule has 190 valence electrons. The highest BCUT2D eigenvalue weighted by atomic mass is 16.6. The zero-order valence-electron chi connectivity index (χ0n) is 20.0. The summed E-state index contributed by atoms with van der Waals surface area (Å²) in [7, 11) is 1.25. The highest BCUT2D eigenvalue weighted by molar-refractivity contribution is 5.90. The van der Waals surface area contributed by atoms with E-state index >= 15 is 0 Å². The van der Waals surface area contributed by atoms with Crippen LogP contribution in [0.1, 0.15) is 25.0 Å². The lowest BCUT2D eigenvalue weighted by molar-refractivity contribution is -0.386. The van der Waals surface area contributed by atoms with Crippen LogP contribution in [0.3, 0.4) is 0 Å². The number of carbonyl (C=O) groups is 2. The van der Waals surface area contributed by atoms with Crippen LogP contribution < -0.4 is 15.5 Å². The number of phenols is 1. The maximum atomic E-state index is 12.9. The fraction of sp³-hybridized carbons (Fsp3) is 0.292.